The van der Waals surface area contributed by atoms with Crippen molar-refractivity contribution in [1.29, 1.82) is 0 Å². The molecule has 3 aromatic rings. The molecule has 0 aliphatic carbocycles. The fourth-order valence-corrected chi connectivity index (χ4v) is 5.67. The number of halogens is 1. The average Bonchev–Trinajstić information content (AvgIpc) is 3.36. The first-order valence-corrected chi connectivity index (χ1v) is 11.3. The zero-order valence-corrected chi connectivity index (χ0v) is 18.7. The number of imide groups is 1. The number of nitro groups is 1. The van der Waals surface area contributed by atoms with E-state index in [9.17, 15) is 28.9 Å². The van der Waals surface area contributed by atoms with Crippen molar-refractivity contribution in [1.82, 2.24) is 4.90 Å². The van der Waals surface area contributed by atoms with Crippen LogP contribution in [-0.2, 0) is 9.59 Å². The number of nitrogens with zero attached hydrogens (tertiary/aromatic N) is 3. The molecule has 4 atom stereocenters. The van der Waals surface area contributed by atoms with Crippen molar-refractivity contribution in [2.45, 2.75) is 12.1 Å². The molecule has 0 unspecified atom stereocenters. The van der Waals surface area contributed by atoms with Gasteiger partial charge in [-0.15, -0.1) is 0 Å². The van der Waals surface area contributed by atoms with Gasteiger partial charge in [0.25, 0.3) is 5.69 Å². The summed E-state index contributed by atoms with van der Waals surface area (Å²) >= 11 is 0. The molecular formula is C27H18FN3O5. The van der Waals surface area contributed by atoms with Gasteiger partial charge in [-0.1, -0.05) is 48.5 Å². The third kappa shape index (κ3) is 3.02. The minimum Gasteiger partial charge on any atom is -0.358 e. The number of hydrogen-bond donors (Lipinski definition) is 0. The van der Waals surface area contributed by atoms with Gasteiger partial charge >= 0.3 is 0 Å². The predicted octanol–water partition coefficient (Wildman–Crippen LogP) is 4.13. The third-order valence-corrected chi connectivity index (χ3v) is 7.17. The van der Waals surface area contributed by atoms with E-state index in [1.165, 1.54) is 48.5 Å². The fraction of sp³-hybridized carbons (Fsp3) is 0.148. The van der Waals surface area contributed by atoms with E-state index in [0.29, 0.717) is 0 Å². The zero-order valence-electron chi connectivity index (χ0n) is 18.7. The number of carbonyl (C=O) groups is 3. The van der Waals surface area contributed by atoms with Gasteiger partial charge in [-0.05, 0) is 29.3 Å². The summed E-state index contributed by atoms with van der Waals surface area (Å²) in [4.78, 5) is 54.6. The molecule has 2 amide bonds. The van der Waals surface area contributed by atoms with Crippen molar-refractivity contribution in [3.8, 4) is 0 Å². The number of fused-ring (bicyclic) bond motifs is 5. The van der Waals surface area contributed by atoms with E-state index in [1.807, 2.05) is 30.3 Å². The second kappa shape index (κ2) is 7.94. The molecule has 2 saturated heterocycles. The van der Waals surface area contributed by atoms with Gasteiger partial charge in [0.1, 0.15) is 11.9 Å². The summed E-state index contributed by atoms with van der Waals surface area (Å²) in [6.45, 7) is 0. The Labute approximate surface area is 204 Å². The number of anilines is 1. The highest BCUT2D eigenvalue weighted by Crippen LogP contribution is 2.53. The molecule has 3 aromatic carbocycles. The van der Waals surface area contributed by atoms with Crippen LogP contribution in [0.4, 0.5) is 15.8 Å². The highest BCUT2D eigenvalue weighted by Gasteiger charge is 2.64. The minimum absolute atomic E-state index is 0.0606. The smallest absolute Gasteiger partial charge is 0.270 e. The molecule has 9 heteroatoms. The Kier molecular flexibility index (Phi) is 4.82. The first-order chi connectivity index (χ1) is 17.4. The summed E-state index contributed by atoms with van der Waals surface area (Å²) in [5.74, 6) is -4.51. The van der Waals surface area contributed by atoms with E-state index < -0.39 is 52.3 Å². The molecule has 0 radical (unpaired) electrons. The number of amides is 2. The quantitative estimate of drug-likeness (QED) is 0.239. The van der Waals surface area contributed by atoms with Crippen LogP contribution in [0.3, 0.4) is 0 Å². The molecule has 3 aliphatic rings. The maximum absolute atomic E-state index is 14.7. The lowest BCUT2D eigenvalue weighted by Crippen LogP contribution is -2.44. The maximum atomic E-state index is 14.7. The Morgan fingerprint density at radius 1 is 0.917 bits per heavy atom. The van der Waals surface area contributed by atoms with Crippen LogP contribution in [-0.4, -0.2) is 33.5 Å². The number of ketones is 1. The van der Waals surface area contributed by atoms with Crippen LogP contribution in [0.25, 0.3) is 6.08 Å². The monoisotopic (exact) mass is 483 g/mol. The SMILES string of the molecule is O=C(c1cccc([N+](=O)[O-])c1)[C@H]1[C@H]2C(=O)N(c3ccccc3F)C(=O)[C@@H]2[C@H]2c3ccccc3C=CN21. The van der Waals surface area contributed by atoms with Crippen molar-refractivity contribution in [2.75, 3.05) is 4.90 Å². The molecule has 0 spiro atoms. The van der Waals surface area contributed by atoms with Gasteiger partial charge in [0.05, 0.1) is 28.5 Å². The number of hydrogen-bond acceptors (Lipinski definition) is 6. The molecule has 0 N–H and O–H groups in total. The van der Waals surface area contributed by atoms with Crippen molar-refractivity contribution >= 4 is 35.0 Å². The molecule has 0 aromatic heterocycles. The van der Waals surface area contributed by atoms with Crippen LogP contribution in [0, 0.1) is 27.8 Å². The average molecular weight is 483 g/mol. The summed E-state index contributed by atoms with van der Waals surface area (Å²) in [6, 6.07) is 16.5. The van der Waals surface area contributed by atoms with Gasteiger partial charge in [-0.2, -0.15) is 0 Å². The number of rotatable bonds is 4. The number of para-hydroxylation sites is 1. The molecule has 178 valence electrons. The molecule has 0 saturated carbocycles. The fourth-order valence-electron chi connectivity index (χ4n) is 5.67. The minimum atomic E-state index is -1.10. The van der Waals surface area contributed by atoms with E-state index >= 15 is 0 Å². The van der Waals surface area contributed by atoms with Gasteiger partial charge in [0, 0.05) is 23.9 Å². The molecule has 3 aliphatic heterocycles. The molecule has 36 heavy (non-hydrogen) atoms. The first-order valence-electron chi connectivity index (χ1n) is 11.3. The standard InChI is InChI=1S/C27H18FN3O5/c28-19-10-3-4-11-20(19)30-26(33)21-22(27(30)34)24(25(32)16-7-5-8-17(14-16)31(35)36)29-13-12-15-6-1-2-9-18(15)23(21)29/h1-14,21-24H/t21-,22-,23+,24+/m0/s1. The topological polar surface area (TPSA) is 101 Å². The van der Waals surface area contributed by atoms with E-state index in [4.69, 9.17) is 0 Å². The Bertz CT molecular complexity index is 1500. The lowest BCUT2D eigenvalue weighted by Gasteiger charge is -2.35. The summed E-state index contributed by atoms with van der Waals surface area (Å²) in [6.07, 6.45) is 3.50. The molecule has 2 fully saturated rings. The van der Waals surface area contributed by atoms with Gasteiger partial charge < -0.3 is 4.90 Å². The highest BCUT2D eigenvalue weighted by atomic mass is 19.1. The van der Waals surface area contributed by atoms with E-state index in [-0.39, 0.29) is 16.9 Å². The molecule has 0 bridgehead atoms. The van der Waals surface area contributed by atoms with Crippen LogP contribution < -0.4 is 4.90 Å². The lowest BCUT2D eigenvalue weighted by molar-refractivity contribution is -0.384. The second-order valence-corrected chi connectivity index (χ2v) is 8.97. The number of non-ortho nitro benzene ring substituents is 1. The van der Waals surface area contributed by atoms with Crippen molar-refractivity contribution < 1.29 is 23.7 Å². The zero-order chi connectivity index (χ0) is 25.1. The Balaban J connectivity index is 1.51. The third-order valence-electron chi connectivity index (χ3n) is 7.17. The predicted molar refractivity (Wildman–Crippen MR) is 127 cm³/mol. The van der Waals surface area contributed by atoms with Crippen LogP contribution in [0.2, 0.25) is 0 Å². The molecule has 8 nitrogen and oxygen atoms in total. The highest BCUT2D eigenvalue weighted by molar-refractivity contribution is 6.24. The Morgan fingerprint density at radius 3 is 2.42 bits per heavy atom. The molecule has 3 heterocycles. The van der Waals surface area contributed by atoms with E-state index in [1.54, 1.807) is 11.1 Å². The maximum Gasteiger partial charge on any atom is 0.270 e. The van der Waals surface area contributed by atoms with Gasteiger partial charge in [0.2, 0.25) is 11.8 Å². The van der Waals surface area contributed by atoms with Crippen molar-refractivity contribution in [3.63, 3.8) is 0 Å². The largest absolute Gasteiger partial charge is 0.358 e. The van der Waals surface area contributed by atoms with Crippen LogP contribution in [0.1, 0.15) is 27.5 Å². The first kappa shape index (κ1) is 21.8. The molecule has 6 rings (SSSR count). The Hall–Kier alpha value is -4.66. The number of carbonyl (C=O) groups excluding carboxylic acids is 3. The second-order valence-electron chi connectivity index (χ2n) is 8.97. The van der Waals surface area contributed by atoms with Crippen molar-refractivity contribution in [2.24, 2.45) is 11.8 Å². The summed E-state index contributed by atoms with van der Waals surface area (Å²) in [5.41, 5.74) is 1.28. The number of benzene rings is 3. The van der Waals surface area contributed by atoms with E-state index in [2.05, 4.69) is 0 Å². The number of Topliss-reactive ketones (excluding diaryl/α,β-unsaturated/α-hetero) is 1. The summed E-state index contributed by atoms with van der Waals surface area (Å²) in [5, 5.41) is 11.3. The summed E-state index contributed by atoms with van der Waals surface area (Å²) < 4.78 is 14.7. The van der Waals surface area contributed by atoms with Gasteiger partial charge in [-0.25, -0.2) is 9.29 Å². The van der Waals surface area contributed by atoms with E-state index in [0.717, 1.165) is 16.0 Å². The Morgan fingerprint density at radius 2 is 1.64 bits per heavy atom. The van der Waals surface area contributed by atoms with Gasteiger partial charge in [-0.3, -0.25) is 24.5 Å². The number of nitro benzene ring substituents is 1. The van der Waals surface area contributed by atoms with Crippen LogP contribution in [0.15, 0.2) is 79.0 Å². The lowest BCUT2D eigenvalue weighted by atomic mass is 9.83. The van der Waals surface area contributed by atoms with Crippen molar-refractivity contribution in [3.05, 3.63) is 112 Å². The molecular weight excluding hydrogens is 465 g/mol. The normalized spacial score (nSPS) is 23.9. The van der Waals surface area contributed by atoms with Gasteiger partial charge in [0.15, 0.2) is 5.78 Å². The summed E-state index contributed by atoms with van der Waals surface area (Å²) in [7, 11) is 0. The van der Waals surface area contributed by atoms with Crippen LogP contribution >= 0.6 is 0 Å². The van der Waals surface area contributed by atoms with Crippen LogP contribution in [0.5, 0.6) is 0 Å².